The van der Waals surface area contributed by atoms with E-state index in [1.807, 2.05) is 29.1 Å². The number of nitrogens with one attached hydrogen (secondary N) is 1. The third kappa shape index (κ3) is 3.93. The van der Waals surface area contributed by atoms with E-state index in [0.717, 1.165) is 42.5 Å². The molecular formula is C14H16N6S. The first kappa shape index (κ1) is 13.8. The van der Waals surface area contributed by atoms with Gasteiger partial charge >= 0.3 is 0 Å². The quantitative estimate of drug-likeness (QED) is 0.676. The summed E-state index contributed by atoms with van der Waals surface area (Å²) in [5.74, 6) is 0. The molecule has 0 aliphatic rings. The molecule has 6 nitrogen and oxygen atoms in total. The molecule has 3 aromatic heterocycles. The molecule has 0 saturated carbocycles. The van der Waals surface area contributed by atoms with Crippen molar-refractivity contribution in [2.24, 2.45) is 0 Å². The molecule has 0 aromatic carbocycles. The summed E-state index contributed by atoms with van der Waals surface area (Å²) < 4.78 is 1.84. The van der Waals surface area contributed by atoms with E-state index < -0.39 is 0 Å². The average Bonchev–Trinajstić information content (AvgIpc) is 3.19. The highest BCUT2D eigenvalue weighted by Crippen LogP contribution is 2.21. The summed E-state index contributed by atoms with van der Waals surface area (Å²) in [6.45, 7) is 2.58. The summed E-state index contributed by atoms with van der Waals surface area (Å²) in [4.78, 5) is 8.91. The lowest BCUT2D eigenvalue weighted by molar-refractivity contribution is 0.529. The van der Waals surface area contributed by atoms with Crippen molar-refractivity contribution >= 4 is 11.3 Å². The third-order valence-electron chi connectivity index (χ3n) is 2.95. The van der Waals surface area contributed by atoms with Crippen LogP contribution in [0.1, 0.15) is 12.1 Å². The van der Waals surface area contributed by atoms with Crippen molar-refractivity contribution in [1.29, 1.82) is 0 Å². The molecular weight excluding hydrogens is 284 g/mol. The second-order valence-electron chi connectivity index (χ2n) is 4.56. The Balaban J connectivity index is 1.43. The predicted molar refractivity (Wildman–Crippen MR) is 81.7 cm³/mol. The van der Waals surface area contributed by atoms with Crippen LogP contribution in [0.2, 0.25) is 0 Å². The van der Waals surface area contributed by atoms with Crippen LogP contribution in [0.4, 0.5) is 0 Å². The Morgan fingerprint density at radius 2 is 2.24 bits per heavy atom. The number of thiazole rings is 1. The Labute approximate surface area is 126 Å². The summed E-state index contributed by atoms with van der Waals surface area (Å²) in [6, 6.07) is 5.87. The van der Waals surface area contributed by atoms with Crippen LogP contribution in [0.3, 0.4) is 0 Å². The Hall–Kier alpha value is -2.12. The smallest absolute Gasteiger partial charge is 0.142 e. The zero-order chi connectivity index (χ0) is 14.3. The maximum absolute atomic E-state index is 4.59. The van der Waals surface area contributed by atoms with Gasteiger partial charge in [-0.25, -0.2) is 4.98 Å². The Kier molecular flexibility index (Phi) is 4.65. The fourth-order valence-electron chi connectivity index (χ4n) is 1.93. The van der Waals surface area contributed by atoms with Gasteiger partial charge in [0.1, 0.15) is 5.01 Å². The molecule has 0 aliphatic carbocycles. The Morgan fingerprint density at radius 1 is 1.24 bits per heavy atom. The lowest BCUT2D eigenvalue weighted by Gasteiger charge is -2.02. The Morgan fingerprint density at radius 3 is 3.05 bits per heavy atom. The molecule has 0 fully saturated rings. The molecule has 3 heterocycles. The zero-order valence-corrected chi connectivity index (χ0v) is 12.3. The van der Waals surface area contributed by atoms with Gasteiger partial charge in [0.25, 0.3) is 0 Å². The SMILES string of the molecule is c1ccc(-c2nc(CNCCCn3ccnn3)cs2)nc1. The van der Waals surface area contributed by atoms with Crippen LogP contribution < -0.4 is 5.32 Å². The molecule has 21 heavy (non-hydrogen) atoms. The molecule has 1 N–H and O–H groups in total. The summed E-state index contributed by atoms with van der Waals surface area (Å²) in [5, 5.41) is 14.1. The highest BCUT2D eigenvalue weighted by atomic mass is 32.1. The third-order valence-corrected chi connectivity index (χ3v) is 3.87. The molecule has 3 rings (SSSR count). The topological polar surface area (TPSA) is 68.5 Å². The van der Waals surface area contributed by atoms with Gasteiger partial charge in [-0.2, -0.15) is 0 Å². The van der Waals surface area contributed by atoms with Crippen molar-refractivity contribution in [2.75, 3.05) is 6.54 Å². The minimum Gasteiger partial charge on any atom is -0.311 e. The average molecular weight is 300 g/mol. The fraction of sp³-hybridized carbons (Fsp3) is 0.286. The monoisotopic (exact) mass is 300 g/mol. The van der Waals surface area contributed by atoms with Gasteiger partial charge in [0.2, 0.25) is 0 Å². The lowest BCUT2D eigenvalue weighted by atomic mass is 10.3. The molecule has 0 aliphatic heterocycles. The molecule has 7 heteroatoms. The van der Waals surface area contributed by atoms with Crippen molar-refractivity contribution in [3.63, 3.8) is 0 Å². The van der Waals surface area contributed by atoms with E-state index in [4.69, 9.17) is 0 Å². The second kappa shape index (κ2) is 7.05. The summed E-state index contributed by atoms with van der Waals surface area (Å²) in [6.07, 6.45) is 6.38. The molecule has 0 saturated heterocycles. The van der Waals surface area contributed by atoms with Crippen LogP contribution in [0.15, 0.2) is 42.2 Å². The minimum atomic E-state index is 0.778. The maximum Gasteiger partial charge on any atom is 0.142 e. The molecule has 3 aromatic rings. The van der Waals surface area contributed by atoms with Crippen LogP contribution in [-0.2, 0) is 13.1 Å². The molecule has 0 radical (unpaired) electrons. The number of aromatic nitrogens is 5. The number of nitrogens with zero attached hydrogens (tertiary/aromatic N) is 5. The zero-order valence-electron chi connectivity index (χ0n) is 11.5. The number of rotatable bonds is 7. The van der Waals surface area contributed by atoms with Gasteiger partial charge < -0.3 is 5.32 Å². The maximum atomic E-state index is 4.59. The van der Waals surface area contributed by atoms with Gasteiger partial charge in [-0.1, -0.05) is 11.3 Å². The summed E-state index contributed by atoms with van der Waals surface area (Å²) in [5.41, 5.74) is 1.99. The number of hydrogen-bond acceptors (Lipinski definition) is 6. The van der Waals surface area contributed by atoms with E-state index in [1.165, 1.54) is 0 Å². The van der Waals surface area contributed by atoms with Crippen molar-refractivity contribution in [2.45, 2.75) is 19.5 Å². The van der Waals surface area contributed by atoms with Crippen molar-refractivity contribution in [1.82, 2.24) is 30.3 Å². The fourth-order valence-corrected chi connectivity index (χ4v) is 2.72. The molecule has 0 bridgehead atoms. The van der Waals surface area contributed by atoms with E-state index in [9.17, 15) is 0 Å². The summed E-state index contributed by atoms with van der Waals surface area (Å²) >= 11 is 1.63. The molecule has 0 atom stereocenters. The van der Waals surface area contributed by atoms with Crippen LogP contribution in [-0.4, -0.2) is 31.5 Å². The van der Waals surface area contributed by atoms with Crippen molar-refractivity contribution < 1.29 is 0 Å². The number of hydrogen-bond donors (Lipinski definition) is 1. The van der Waals surface area contributed by atoms with Crippen LogP contribution in [0, 0.1) is 0 Å². The van der Waals surface area contributed by atoms with E-state index >= 15 is 0 Å². The standard InChI is InChI=1S/C14H16N6S/c1-2-6-16-13(4-1)14-18-12(11-21-14)10-15-5-3-8-20-9-7-17-19-20/h1-2,4,6-7,9,11,15H,3,5,8,10H2. The number of aryl methyl sites for hydroxylation is 1. The Bertz CT molecular complexity index is 649. The van der Waals surface area contributed by atoms with Crippen molar-refractivity contribution in [3.05, 3.63) is 47.9 Å². The van der Waals surface area contributed by atoms with Gasteiger partial charge in [0.15, 0.2) is 0 Å². The van der Waals surface area contributed by atoms with Gasteiger partial charge in [0, 0.05) is 30.9 Å². The number of pyridine rings is 1. The van der Waals surface area contributed by atoms with Gasteiger partial charge in [-0.3, -0.25) is 9.67 Å². The van der Waals surface area contributed by atoms with Gasteiger partial charge in [-0.05, 0) is 25.1 Å². The highest BCUT2D eigenvalue weighted by molar-refractivity contribution is 7.13. The highest BCUT2D eigenvalue weighted by Gasteiger charge is 2.04. The van der Waals surface area contributed by atoms with Crippen LogP contribution in [0.5, 0.6) is 0 Å². The largest absolute Gasteiger partial charge is 0.311 e. The van der Waals surface area contributed by atoms with E-state index in [-0.39, 0.29) is 0 Å². The van der Waals surface area contributed by atoms with Crippen molar-refractivity contribution in [3.8, 4) is 10.7 Å². The van der Waals surface area contributed by atoms with E-state index in [1.54, 1.807) is 23.7 Å². The molecule has 108 valence electrons. The first-order chi connectivity index (χ1) is 10.4. The molecule has 0 amide bonds. The summed E-state index contributed by atoms with van der Waals surface area (Å²) in [7, 11) is 0. The normalized spacial score (nSPS) is 10.9. The second-order valence-corrected chi connectivity index (χ2v) is 5.41. The first-order valence-electron chi connectivity index (χ1n) is 6.82. The van der Waals surface area contributed by atoms with Gasteiger partial charge in [0.05, 0.1) is 17.6 Å². The predicted octanol–water partition coefficient (Wildman–Crippen LogP) is 1.98. The first-order valence-corrected chi connectivity index (χ1v) is 7.70. The molecule has 0 unspecified atom stereocenters. The molecule has 0 spiro atoms. The van der Waals surface area contributed by atoms with E-state index in [0.29, 0.717) is 0 Å². The lowest BCUT2D eigenvalue weighted by Crippen LogP contribution is -2.16. The van der Waals surface area contributed by atoms with Crippen LogP contribution in [0.25, 0.3) is 10.7 Å². The van der Waals surface area contributed by atoms with E-state index in [2.05, 4.69) is 31.0 Å². The minimum absolute atomic E-state index is 0.778. The van der Waals surface area contributed by atoms with Crippen LogP contribution >= 0.6 is 11.3 Å². The van der Waals surface area contributed by atoms with Gasteiger partial charge in [-0.15, -0.1) is 16.4 Å².